The lowest BCUT2D eigenvalue weighted by molar-refractivity contribution is -0.121. The molecule has 2 aromatic rings. The highest BCUT2D eigenvalue weighted by atomic mass is 16.5. The second-order valence-corrected chi connectivity index (χ2v) is 7.55. The van der Waals surface area contributed by atoms with Gasteiger partial charge in [-0.15, -0.1) is 6.58 Å². The molecule has 0 fully saturated rings. The Kier molecular flexibility index (Phi) is 5.04. The van der Waals surface area contributed by atoms with Gasteiger partial charge in [0.15, 0.2) is 6.61 Å². The van der Waals surface area contributed by atoms with Crippen LogP contribution in [0.15, 0.2) is 55.1 Å². The quantitative estimate of drug-likeness (QED) is 0.829. The van der Waals surface area contributed by atoms with E-state index in [-0.39, 0.29) is 23.8 Å². The van der Waals surface area contributed by atoms with E-state index in [4.69, 9.17) is 4.74 Å². The summed E-state index contributed by atoms with van der Waals surface area (Å²) in [5.41, 5.74) is 3.10. The highest BCUT2D eigenvalue weighted by Gasteiger charge is 2.25. The first-order valence-corrected chi connectivity index (χ1v) is 8.89. The summed E-state index contributed by atoms with van der Waals surface area (Å²) >= 11 is 0. The molecule has 3 rings (SSSR count). The highest BCUT2D eigenvalue weighted by Crippen LogP contribution is 2.34. The number of anilines is 2. The van der Waals surface area contributed by atoms with E-state index >= 15 is 0 Å². The van der Waals surface area contributed by atoms with Gasteiger partial charge in [0.25, 0.3) is 11.8 Å². The third kappa shape index (κ3) is 4.03. The normalized spacial score (nSPS) is 13.6. The van der Waals surface area contributed by atoms with Gasteiger partial charge in [0, 0.05) is 23.9 Å². The summed E-state index contributed by atoms with van der Waals surface area (Å²) in [5, 5.41) is 2.88. The fourth-order valence-corrected chi connectivity index (χ4v) is 2.94. The van der Waals surface area contributed by atoms with Crippen molar-refractivity contribution in [3.05, 3.63) is 66.2 Å². The lowest BCUT2D eigenvalue weighted by Gasteiger charge is -2.28. The largest absolute Gasteiger partial charge is 0.481 e. The maximum atomic E-state index is 12.5. The standard InChI is InChI=1S/C22H24N2O3/c1-5-12-24-18-11-10-17(13-19(18)27-14-20(24)25)23-21(26)15-6-8-16(9-7-15)22(2,3)4/h5-11,13H,1,12,14H2,2-4H3,(H,23,26). The minimum atomic E-state index is -0.190. The number of carbonyl (C=O) groups excluding carboxylic acids is 2. The van der Waals surface area contributed by atoms with Crippen molar-refractivity contribution < 1.29 is 14.3 Å². The smallest absolute Gasteiger partial charge is 0.265 e. The number of nitrogens with one attached hydrogen (secondary N) is 1. The van der Waals surface area contributed by atoms with Crippen LogP contribution in [0.5, 0.6) is 5.75 Å². The van der Waals surface area contributed by atoms with Crippen molar-refractivity contribution in [3.8, 4) is 5.75 Å². The summed E-state index contributed by atoms with van der Waals surface area (Å²) in [4.78, 5) is 26.1. The van der Waals surface area contributed by atoms with Gasteiger partial charge < -0.3 is 15.0 Å². The topological polar surface area (TPSA) is 58.6 Å². The zero-order valence-electron chi connectivity index (χ0n) is 15.9. The Labute approximate surface area is 159 Å². The molecule has 5 nitrogen and oxygen atoms in total. The predicted molar refractivity (Wildman–Crippen MR) is 108 cm³/mol. The Hall–Kier alpha value is -3.08. The molecule has 0 saturated carbocycles. The van der Waals surface area contributed by atoms with Crippen LogP contribution in [0.2, 0.25) is 0 Å². The van der Waals surface area contributed by atoms with E-state index in [0.29, 0.717) is 29.2 Å². The maximum absolute atomic E-state index is 12.5. The van der Waals surface area contributed by atoms with Gasteiger partial charge in [0.1, 0.15) is 5.75 Å². The van der Waals surface area contributed by atoms with Gasteiger partial charge in [0.05, 0.1) is 5.69 Å². The Morgan fingerprint density at radius 1 is 1.22 bits per heavy atom. The molecule has 1 aliphatic rings. The first-order valence-electron chi connectivity index (χ1n) is 8.89. The van der Waals surface area contributed by atoms with E-state index in [1.54, 1.807) is 29.2 Å². The average molecular weight is 364 g/mol. The summed E-state index contributed by atoms with van der Waals surface area (Å²) in [6.45, 7) is 10.5. The monoisotopic (exact) mass is 364 g/mol. The molecule has 5 heteroatoms. The molecular weight excluding hydrogens is 340 g/mol. The van der Waals surface area contributed by atoms with Crippen LogP contribution in [-0.2, 0) is 10.2 Å². The Bertz CT molecular complexity index is 879. The van der Waals surface area contributed by atoms with Crippen LogP contribution in [0.25, 0.3) is 0 Å². The number of hydrogen-bond donors (Lipinski definition) is 1. The van der Waals surface area contributed by atoms with Gasteiger partial charge in [-0.1, -0.05) is 39.0 Å². The summed E-state index contributed by atoms with van der Waals surface area (Å²) in [6.07, 6.45) is 1.67. The third-order valence-electron chi connectivity index (χ3n) is 4.49. The second kappa shape index (κ2) is 7.27. The molecule has 0 atom stereocenters. The number of amides is 2. The van der Waals surface area contributed by atoms with Crippen molar-refractivity contribution in [2.75, 3.05) is 23.4 Å². The number of fused-ring (bicyclic) bond motifs is 1. The summed E-state index contributed by atoms with van der Waals surface area (Å²) in [5.74, 6) is 0.265. The molecule has 0 radical (unpaired) electrons. The summed E-state index contributed by atoms with van der Waals surface area (Å²) in [7, 11) is 0. The molecule has 1 N–H and O–H groups in total. The lowest BCUT2D eigenvalue weighted by Crippen LogP contribution is -2.38. The van der Waals surface area contributed by atoms with Crippen LogP contribution in [-0.4, -0.2) is 25.0 Å². The van der Waals surface area contributed by atoms with E-state index in [2.05, 4.69) is 32.7 Å². The Morgan fingerprint density at radius 2 is 1.93 bits per heavy atom. The van der Waals surface area contributed by atoms with E-state index in [9.17, 15) is 9.59 Å². The van der Waals surface area contributed by atoms with Crippen molar-refractivity contribution >= 4 is 23.2 Å². The van der Waals surface area contributed by atoms with Gasteiger partial charge in [-0.3, -0.25) is 9.59 Å². The number of hydrogen-bond acceptors (Lipinski definition) is 3. The lowest BCUT2D eigenvalue weighted by atomic mass is 9.87. The first-order chi connectivity index (χ1) is 12.8. The molecular formula is C22H24N2O3. The van der Waals surface area contributed by atoms with E-state index < -0.39 is 0 Å². The zero-order chi connectivity index (χ0) is 19.6. The first kappa shape index (κ1) is 18.7. The molecule has 1 aliphatic heterocycles. The Balaban J connectivity index is 1.77. The number of benzene rings is 2. The van der Waals surface area contributed by atoms with Gasteiger partial charge in [-0.05, 0) is 35.2 Å². The van der Waals surface area contributed by atoms with Crippen molar-refractivity contribution in [3.63, 3.8) is 0 Å². The molecule has 1 heterocycles. The maximum Gasteiger partial charge on any atom is 0.265 e. The predicted octanol–water partition coefficient (Wildman–Crippen LogP) is 4.15. The van der Waals surface area contributed by atoms with Crippen LogP contribution < -0.4 is 15.0 Å². The molecule has 27 heavy (non-hydrogen) atoms. The van der Waals surface area contributed by atoms with Gasteiger partial charge >= 0.3 is 0 Å². The molecule has 0 aromatic heterocycles. The molecule has 0 spiro atoms. The molecule has 0 saturated heterocycles. The number of rotatable bonds is 4. The van der Waals surface area contributed by atoms with Crippen molar-refractivity contribution in [1.29, 1.82) is 0 Å². The van der Waals surface area contributed by atoms with Crippen LogP contribution in [0, 0.1) is 0 Å². The molecule has 0 bridgehead atoms. The number of carbonyl (C=O) groups is 2. The summed E-state index contributed by atoms with van der Waals surface area (Å²) in [6, 6.07) is 12.9. The fourth-order valence-electron chi connectivity index (χ4n) is 2.94. The molecule has 2 amide bonds. The van der Waals surface area contributed by atoms with Crippen LogP contribution >= 0.6 is 0 Å². The zero-order valence-corrected chi connectivity index (χ0v) is 15.9. The van der Waals surface area contributed by atoms with E-state index in [0.717, 1.165) is 0 Å². The molecule has 0 unspecified atom stereocenters. The SMILES string of the molecule is C=CCN1C(=O)COc2cc(NC(=O)c3ccc(C(C)(C)C)cc3)ccc21. The minimum Gasteiger partial charge on any atom is -0.481 e. The van der Waals surface area contributed by atoms with Crippen LogP contribution in [0.3, 0.4) is 0 Å². The second-order valence-electron chi connectivity index (χ2n) is 7.55. The molecule has 2 aromatic carbocycles. The highest BCUT2D eigenvalue weighted by molar-refractivity contribution is 6.05. The number of ether oxygens (including phenoxy) is 1. The average Bonchev–Trinajstić information content (AvgIpc) is 2.63. The van der Waals surface area contributed by atoms with Crippen molar-refractivity contribution in [1.82, 2.24) is 0 Å². The molecule has 140 valence electrons. The number of nitrogens with zero attached hydrogens (tertiary/aromatic N) is 1. The van der Waals surface area contributed by atoms with Gasteiger partial charge in [0.2, 0.25) is 0 Å². The van der Waals surface area contributed by atoms with Crippen molar-refractivity contribution in [2.45, 2.75) is 26.2 Å². The van der Waals surface area contributed by atoms with Crippen LogP contribution in [0.1, 0.15) is 36.7 Å². The Morgan fingerprint density at radius 3 is 2.56 bits per heavy atom. The van der Waals surface area contributed by atoms with E-state index in [1.807, 2.05) is 24.3 Å². The molecule has 0 aliphatic carbocycles. The van der Waals surface area contributed by atoms with Crippen LogP contribution in [0.4, 0.5) is 11.4 Å². The van der Waals surface area contributed by atoms with Gasteiger partial charge in [-0.25, -0.2) is 0 Å². The van der Waals surface area contributed by atoms with Gasteiger partial charge in [-0.2, -0.15) is 0 Å². The fraction of sp³-hybridized carbons (Fsp3) is 0.273. The van der Waals surface area contributed by atoms with Crippen molar-refractivity contribution in [2.24, 2.45) is 0 Å². The summed E-state index contributed by atoms with van der Waals surface area (Å²) < 4.78 is 5.52. The van der Waals surface area contributed by atoms with E-state index in [1.165, 1.54) is 5.56 Å². The minimum absolute atomic E-state index is 0.0213. The third-order valence-corrected chi connectivity index (χ3v) is 4.49.